The number of para-hydroxylation sites is 2. The molecular formula is C33H30F3N5O6. The van der Waals surface area contributed by atoms with Gasteiger partial charge in [0.15, 0.2) is 0 Å². The molecule has 4 aromatic rings. The Morgan fingerprint density at radius 2 is 1.66 bits per heavy atom. The van der Waals surface area contributed by atoms with Crippen molar-refractivity contribution in [3.8, 4) is 5.75 Å². The number of likely N-dealkylation sites (tertiary alicyclic amines) is 1. The van der Waals surface area contributed by atoms with Gasteiger partial charge in [-0.2, -0.15) is 18.7 Å². The van der Waals surface area contributed by atoms with Gasteiger partial charge in [0.2, 0.25) is 0 Å². The van der Waals surface area contributed by atoms with Gasteiger partial charge in [0, 0.05) is 41.0 Å². The molecular weight excluding hydrogens is 619 g/mol. The second-order valence-corrected chi connectivity index (χ2v) is 11.0. The van der Waals surface area contributed by atoms with Crippen molar-refractivity contribution in [2.45, 2.75) is 38.1 Å². The number of anilines is 1. The first-order chi connectivity index (χ1) is 22.4. The Morgan fingerprint density at radius 3 is 2.38 bits per heavy atom. The molecule has 5 rings (SSSR count). The molecule has 0 saturated carbocycles. The van der Waals surface area contributed by atoms with E-state index in [-0.39, 0.29) is 31.7 Å². The lowest BCUT2D eigenvalue weighted by Crippen LogP contribution is -2.54. The Kier molecular flexibility index (Phi) is 9.59. The Hall–Kier alpha value is -5.66. The van der Waals surface area contributed by atoms with Gasteiger partial charge in [0.25, 0.3) is 11.8 Å². The van der Waals surface area contributed by atoms with Crippen molar-refractivity contribution in [2.75, 3.05) is 18.4 Å². The van der Waals surface area contributed by atoms with Crippen LogP contribution in [0.25, 0.3) is 10.9 Å². The largest absolute Gasteiger partial charge is 0.493 e. The fourth-order valence-electron chi connectivity index (χ4n) is 5.26. The highest BCUT2D eigenvalue weighted by Crippen LogP contribution is 2.28. The number of hydrogen-bond donors (Lipinski definition) is 3. The molecule has 14 heteroatoms. The molecule has 1 atom stereocenters. The number of hydroxylamine groups is 1. The van der Waals surface area contributed by atoms with Crippen LogP contribution >= 0.6 is 0 Å². The number of hydrogen-bond acceptors (Lipinski definition) is 7. The summed E-state index contributed by atoms with van der Waals surface area (Å²) in [4.78, 5) is 59.8. The maximum absolute atomic E-state index is 13.4. The predicted octanol–water partition coefficient (Wildman–Crippen LogP) is 5.06. The number of aromatic nitrogens is 1. The average molecular weight is 650 g/mol. The summed E-state index contributed by atoms with van der Waals surface area (Å²) in [7, 11) is 0. The lowest BCUT2D eigenvalue weighted by atomic mass is 9.93. The van der Waals surface area contributed by atoms with E-state index in [9.17, 15) is 32.3 Å². The molecule has 3 aromatic carbocycles. The Morgan fingerprint density at radius 1 is 0.957 bits per heavy atom. The minimum atomic E-state index is -5.32. The average Bonchev–Trinajstić information content (AvgIpc) is 3.45. The molecule has 1 aromatic heterocycles. The lowest BCUT2D eigenvalue weighted by molar-refractivity contribution is -0.207. The third-order valence-electron chi connectivity index (χ3n) is 7.47. The molecule has 1 unspecified atom stereocenters. The van der Waals surface area contributed by atoms with Crippen LogP contribution in [-0.2, 0) is 21.0 Å². The summed E-state index contributed by atoms with van der Waals surface area (Å²) in [6.45, 7) is 2.12. The van der Waals surface area contributed by atoms with Gasteiger partial charge in [-0.05, 0) is 61.9 Å². The van der Waals surface area contributed by atoms with Crippen LogP contribution in [0.3, 0.4) is 0 Å². The first-order valence-electron chi connectivity index (χ1n) is 14.5. The highest BCUT2D eigenvalue weighted by molar-refractivity contribution is 5.96. The summed E-state index contributed by atoms with van der Waals surface area (Å²) in [5.74, 6) is -3.81. The van der Waals surface area contributed by atoms with Gasteiger partial charge in [-0.1, -0.05) is 36.4 Å². The van der Waals surface area contributed by atoms with E-state index in [0.717, 1.165) is 22.2 Å². The molecule has 3 N–H and O–H groups in total. The van der Waals surface area contributed by atoms with Gasteiger partial charge in [-0.3, -0.25) is 14.6 Å². The van der Waals surface area contributed by atoms with Crippen LogP contribution < -0.4 is 20.9 Å². The second-order valence-electron chi connectivity index (χ2n) is 11.0. The first-order valence-corrected chi connectivity index (χ1v) is 14.5. The topological polar surface area (TPSA) is 139 Å². The summed E-state index contributed by atoms with van der Waals surface area (Å²) >= 11 is 0. The summed E-state index contributed by atoms with van der Waals surface area (Å²) in [6.07, 6.45) is -5.82. The van der Waals surface area contributed by atoms with Gasteiger partial charge in [-0.25, -0.2) is 9.59 Å². The number of urea groups is 1. The number of pyridine rings is 1. The van der Waals surface area contributed by atoms with Crippen molar-refractivity contribution < 1.29 is 41.9 Å². The molecule has 1 saturated heterocycles. The quantitative estimate of drug-likeness (QED) is 0.227. The maximum atomic E-state index is 13.4. The molecule has 1 fully saturated rings. The number of nitrogens with one attached hydrogen (secondary N) is 3. The van der Waals surface area contributed by atoms with Gasteiger partial charge in [-0.15, -0.1) is 0 Å². The van der Waals surface area contributed by atoms with Crippen molar-refractivity contribution in [1.82, 2.24) is 20.7 Å². The Labute approximate surface area is 267 Å². The molecule has 0 spiro atoms. The normalized spacial score (nSPS) is 16.0. The zero-order valence-corrected chi connectivity index (χ0v) is 25.1. The minimum Gasteiger partial charge on any atom is -0.489 e. The summed E-state index contributed by atoms with van der Waals surface area (Å²) in [6, 6.07) is 24.0. The molecule has 1 aliphatic heterocycles. The monoisotopic (exact) mass is 649 g/mol. The van der Waals surface area contributed by atoms with Crippen LogP contribution in [0.1, 0.15) is 34.5 Å². The summed E-state index contributed by atoms with van der Waals surface area (Å²) < 4.78 is 43.6. The Balaban J connectivity index is 1.26. The molecule has 0 aliphatic carbocycles. The smallest absolute Gasteiger partial charge is 0.489 e. The van der Waals surface area contributed by atoms with Crippen molar-refractivity contribution >= 4 is 40.4 Å². The van der Waals surface area contributed by atoms with E-state index < -0.39 is 42.0 Å². The highest BCUT2D eigenvalue weighted by atomic mass is 19.4. The predicted molar refractivity (Wildman–Crippen MR) is 164 cm³/mol. The fourth-order valence-corrected chi connectivity index (χ4v) is 5.26. The fraction of sp³-hybridized carbons (Fsp3) is 0.242. The number of fused-ring (bicyclic) bond motifs is 1. The van der Waals surface area contributed by atoms with Crippen molar-refractivity contribution in [3.05, 3.63) is 102 Å². The van der Waals surface area contributed by atoms with E-state index in [1.54, 1.807) is 42.5 Å². The van der Waals surface area contributed by atoms with Gasteiger partial charge >= 0.3 is 18.2 Å². The first kappa shape index (κ1) is 32.7. The lowest BCUT2D eigenvalue weighted by Gasteiger charge is -2.30. The van der Waals surface area contributed by atoms with Crippen LogP contribution in [0.4, 0.5) is 23.7 Å². The molecule has 4 amide bonds. The van der Waals surface area contributed by atoms with Crippen LogP contribution in [-0.4, -0.2) is 58.5 Å². The molecule has 47 heavy (non-hydrogen) atoms. The summed E-state index contributed by atoms with van der Waals surface area (Å²) in [5.41, 5.74) is 3.46. The molecule has 1 aliphatic rings. The number of ether oxygens (including phenoxy) is 1. The molecule has 11 nitrogen and oxygen atoms in total. The van der Waals surface area contributed by atoms with Gasteiger partial charge < -0.3 is 25.1 Å². The zero-order chi connectivity index (χ0) is 33.6. The number of alkyl halides is 3. The number of aryl methyl sites for hydroxylation is 1. The molecule has 244 valence electrons. The zero-order valence-electron chi connectivity index (χ0n) is 25.1. The van der Waals surface area contributed by atoms with E-state index >= 15 is 0 Å². The number of amides is 4. The van der Waals surface area contributed by atoms with Gasteiger partial charge in [0.1, 0.15) is 12.4 Å². The third kappa shape index (κ3) is 8.34. The second kappa shape index (κ2) is 13.8. The number of benzene rings is 3. The molecule has 2 heterocycles. The number of carbonyl (C=O) groups excluding carboxylic acids is 4. The number of carbonyl (C=O) groups is 4. The van der Waals surface area contributed by atoms with E-state index in [2.05, 4.69) is 20.5 Å². The minimum absolute atomic E-state index is 0.0854. The number of nitrogens with zero attached hydrogens (tertiary/aromatic N) is 2. The molecule has 0 bridgehead atoms. The SMILES string of the molecule is Cc1cc(COc2ccc(C(=O)NC3(CC(=O)NOC(=O)C(F)(F)F)CCN(C(=O)Nc4ccccc4)C3)cc2)c2ccccc2n1. The van der Waals surface area contributed by atoms with Crippen molar-refractivity contribution in [3.63, 3.8) is 0 Å². The highest BCUT2D eigenvalue weighted by Gasteiger charge is 2.45. The van der Waals surface area contributed by atoms with E-state index in [0.29, 0.717) is 11.4 Å². The van der Waals surface area contributed by atoms with E-state index in [1.807, 2.05) is 37.3 Å². The van der Waals surface area contributed by atoms with Crippen LogP contribution in [0.5, 0.6) is 5.75 Å². The number of halogens is 3. The van der Waals surface area contributed by atoms with Gasteiger partial charge in [0.05, 0.1) is 17.5 Å². The third-order valence-corrected chi connectivity index (χ3v) is 7.47. The van der Waals surface area contributed by atoms with Crippen LogP contribution in [0.2, 0.25) is 0 Å². The Bertz CT molecular complexity index is 1790. The van der Waals surface area contributed by atoms with Crippen LogP contribution in [0.15, 0.2) is 84.9 Å². The van der Waals surface area contributed by atoms with E-state index in [4.69, 9.17) is 4.74 Å². The van der Waals surface area contributed by atoms with Crippen molar-refractivity contribution in [1.29, 1.82) is 0 Å². The molecule has 0 radical (unpaired) electrons. The number of rotatable bonds is 8. The van der Waals surface area contributed by atoms with Crippen LogP contribution in [0, 0.1) is 6.92 Å². The standard InChI is InChI=1S/C33H30F3N5O6/c1-21-17-23(26-9-5-6-10-27(26)37-21)19-46-25-13-11-22(12-14-25)29(43)39-32(18-28(42)40-47-30(44)33(34,35)36)15-16-41(20-32)31(45)38-24-7-3-2-4-8-24/h2-14,17H,15-16,18-20H2,1H3,(H,38,45)(H,39,43)(H,40,42). The van der Waals surface area contributed by atoms with Crippen molar-refractivity contribution in [2.24, 2.45) is 0 Å². The summed E-state index contributed by atoms with van der Waals surface area (Å²) in [5, 5.41) is 6.46. The van der Waals surface area contributed by atoms with E-state index in [1.165, 1.54) is 22.5 Å². The maximum Gasteiger partial charge on any atom is 0.493 e.